The molecule has 1 N–H and O–H groups in total. The van der Waals surface area contributed by atoms with Crippen LogP contribution in [0.25, 0.3) is 0 Å². The summed E-state index contributed by atoms with van der Waals surface area (Å²) in [5.74, 6) is 0.616. The lowest BCUT2D eigenvalue weighted by Gasteiger charge is -2.05. The normalized spacial score (nSPS) is 13.0. The van der Waals surface area contributed by atoms with Gasteiger partial charge in [0.2, 0.25) is 0 Å². The summed E-state index contributed by atoms with van der Waals surface area (Å²) in [5.41, 5.74) is 0. The largest absolute Gasteiger partial charge is 0.467 e. The molecular weight excluding hydrogens is 264 g/mol. The highest BCUT2D eigenvalue weighted by Crippen LogP contribution is 2.28. The van der Waals surface area contributed by atoms with Crippen LogP contribution in [0, 0.1) is 0 Å². The topological polar surface area (TPSA) is 33.4 Å². The summed E-state index contributed by atoms with van der Waals surface area (Å²) in [6.07, 6.45) is 1.60. The minimum atomic E-state index is -0.556. The molecule has 2 heterocycles. The van der Waals surface area contributed by atoms with Gasteiger partial charge in [-0.2, -0.15) is 0 Å². The quantitative estimate of drug-likeness (QED) is 0.930. The molecule has 0 saturated heterocycles. The number of furan rings is 1. The van der Waals surface area contributed by atoms with Crippen molar-refractivity contribution in [3.8, 4) is 0 Å². The van der Waals surface area contributed by atoms with Gasteiger partial charge in [-0.1, -0.05) is 0 Å². The first-order chi connectivity index (χ1) is 6.77. The molecule has 1 unspecified atom stereocenters. The van der Waals surface area contributed by atoms with Crippen LogP contribution in [0.5, 0.6) is 0 Å². The van der Waals surface area contributed by atoms with Crippen LogP contribution in [0.15, 0.2) is 38.7 Å². The van der Waals surface area contributed by atoms with Gasteiger partial charge < -0.3 is 9.52 Å². The predicted molar refractivity (Wildman–Crippen MR) is 59.4 cm³/mol. The lowest BCUT2D eigenvalue weighted by Crippen LogP contribution is -1.98. The maximum atomic E-state index is 9.80. The lowest BCUT2D eigenvalue weighted by atomic mass is 10.2. The van der Waals surface area contributed by atoms with E-state index in [1.165, 1.54) is 0 Å². The van der Waals surface area contributed by atoms with Crippen LogP contribution in [0.4, 0.5) is 0 Å². The molecule has 2 nitrogen and oxygen atoms in total. The molecule has 2 aromatic rings. The molecule has 0 bridgehead atoms. The van der Waals surface area contributed by atoms with Crippen molar-refractivity contribution in [1.29, 1.82) is 0 Å². The molecule has 74 valence electrons. The Morgan fingerprint density at radius 1 is 1.50 bits per heavy atom. The summed E-state index contributed by atoms with van der Waals surface area (Å²) < 4.78 is 6.17. The van der Waals surface area contributed by atoms with Gasteiger partial charge in [0.15, 0.2) is 0 Å². The molecule has 0 amide bonds. The number of thiophene rings is 1. The van der Waals surface area contributed by atoms with Gasteiger partial charge in [0.25, 0.3) is 0 Å². The Morgan fingerprint density at radius 3 is 2.93 bits per heavy atom. The van der Waals surface area contributed by atoms with Gasteiger partial charge >= 0.3 is 0 Å². The van der Waals surface area contributed by atoms with E-state index in [0.29, 0.717) is 12.2 Å². The van der Waals surface area contributed by atoms with E-state index in [1.807, 2.05) is 11.4 Å². The van der Waals surface area contributed by atoms with Crippen LogP contribution in [0.3, 0.4) is 0 Å². The predicted octanol–water partition coefficient (Wildman–Crippen LogP) is 3.38. The first-order valence-corrected chi connectivity index (χ1v) is 5.88. The molecule has 1 atom stereocenters. The third kappa shape index (κ3) is 2.08. The summed E-state index contributed by atoms with van der Waals surface area (Å²) in [7, 11) is 0. The van der Waals surface area contributed by atoms with Gasteiger partial charge in [0.1, 0.15) is 11.9 Å². The Labute approximate surface area is 94.3 Å². The van der Waals surface area contributed by atoms with Gasteiger partial charge in [-0.15, -0.1) is 11.3 Å². The Morgan fingerprint density at radius 2 is 2.36 bits per heavy atom. The molecule has 0 aliphatic heterocycles. The van der Waals surface area contributed by atoms with E-state index in [4.69, 9.17) is 4.42 Å². The van der Waals surface area contributed by atoms with E-state index < -0.39 is 6.10 Å². The summed E-state index contributed by atoms with van der Waals surface area (Å²) >= 11 is 5.05. The fourth-order valence-electron chi connectivity index (χ4n) is 1.23. The fraction of sp³-hybridized carbons (Fsp3) is 0.200. The minimum Gasteiger partial charge on any atom is -0.467 e. The maximum Gasteiger partial charge on any atom is 0.132 e. The highest BCUT2D eigenvalue weighted by atomic mass is 79.9. The van der Waals surface area contributed by atoms with E-state index in [0.717, 1.165) is 9.35 Å². The van der Waals surface area contributed by atoms with E-state index in [-0.39, 0.29) is 0 Å². The second kappa shape index (κ2) is 4.29. The van der Waals surface area contributed by atoms with Gasteiger partial charge in [0, 0.05) is 15.8 Å². The third-order valence-corrected chi connectivity index (χ3v) is 3.89. The fourth-order valence-corrected chi connectivity index (χ4v) is 2.78. The van der Waals surface area contributed by atoms with Gasteiger partial charge in [-0.3, -0.25) is 0 Å². The van der Waals surface area contributed by atoms with Crippen molar-refractivity contribution in [2.45, 2.75) is 12.5 Å². The van der Waals surface area contributed by atoms with Crippen molar-refractivity contribution < 1.29 is 9.52 Å². The number of rotatable bonds is 3. The summed E-state index contributed by atoms with van der Waals surface area (Å²) in [6.45, 7) is 0. The van der Waals surface area contributed by atoms with Crippen LogP contribution in [0.2, 0.25) is 0 Å². The highest BCUT2D eigenvalue weighted by Gasteiger charge is 2.13. The van der Waals surface area contributed by atoms with Crippen LogP contribution in [-0.2, 0) is 6.42 Å². The van der Waals surface area contributed by atoms with Crippen molar-refractivity contribution >= 4 is 27.3 Å². The maximum absolute atomic E-state index is 9.80. The van der Waals surface area contributed by atoms with E-state index >= 15 is 0 Å². The molecule has 0 fully saturated rings. The van der Waals surface area contributed by atoms with Crippen molar-refractivity contribution in [3.05, 3.63) is 45.0 Å². The first-order valence-electron chi connectivity index (χ1n) is 4.20. The molecule has 2 aromatic heterocycles. The monoisotopic (exact) mass is 272 g/mol. The average Bonchev–Trinajstić information content (AvgIpc) is 2.77. The molecule has 0 aromatic carbocycles. The van der Waals surface area contributed by atoms with Gasteiger partial charge in [-0.25, -0.2) is 0 Å². The molecule has 0 radical (unpaired) electrons. The SMILES string of the molecule is OC(Cc1sccc1Br)c1ccco1. The standard InChI is InChI=1S/C10H9BrO2S/c11-7-3-5-14-10(7)6-8(12)9-2-1-4-13-9/h1-5,8,12H,6H2. The molecule has 0 aliphatic carbocycles. The Hall–Kier alpha value is -0.580. The zero-order valence-corrected chi connectivity index (χ0v) is 9.72. The van der Waals surface area contributed by atoms with Crippen molar-refractivity contribution in [2.24, 2.45) is 0 Å². The molecule has 0 saturated carbocycles. The second-order valence-electron chi connectivity index (χ2n) is 2.93. The zero-order valence-electron chi connectivity index (χ0n) is 7.31. The molecule has 14 heavy (non-hydrogen) atoms. The first kappa shape index (κ1) is 9.96. The van der Waals surface area contributed by atoms with E-state index in [9.17, 15) is 5.11 Å². The van der Waals surface area contributed by atoms with Gasteiger partial charge in [0.05, 0.1) is 6.26 Å². The number of aliphatic hydroxyl groups excluding tert-OH is 1. The Balaban J connectivity index is 2.09. The smallest absolute Gasteiger partial charge is 0.132 e. The highest BCUT2D eigenvalue weighted by molar-refractivity contribution is 9.10. The zero-order chi connectivity index (χ0) is 9.97. The molecule has 0 spiro atoms. The number of halogens is 1. The Bertz CT molecular complexity index is 394. The van der Waals surface area contributed by atoms with E-state index in [2.05, 4.69) is 15.9 Å². The molecule has 2 rings (SSSR count). The van der Waals surface area contributed by atoms with Crippen LogP contribution >= 0.6 is 27.3 Å². The summed E-state index contributed by atoms with van der Waals surface area (Å²) in [6, 6.07) is 5.54. The van der Waals surface area contributed by atoms with Crippen molar-refractivity contribution in [1.82, 2.24) is 0 Å². The number of aliphatic hydroxyl groups is 1. The van der Waals surface area contributed by atoms with Crippen LogP contribution < -0.4 is 0 Å². The van der Waals surface area contributed by atoms with Crippen LogP contribution in [-0.4, -0.2) is 5.11 Å². The molecular formula is C10H9BrO2S. The molecule has 0 aliphatic rings. The van der Waals surface area contributed by atoms with E-state index in [1.54, 1.807) is 29.7 Å². The Kier molecular flexibility index (Phi) is 3.05. The van der Waals surface area contributed by atoms with Gasteiger partial charge in [-0.05, 0) is 39.5 Å². The van der Waals surface area contributed by atoms with Crippen LogP contribution in [0.1, 0.15) is 16.7 Å². The minimum absolute atomic E-state index is 0.556. The summed E-state index contributed by atoms with van der Waals surface area (Å²) in [5, 5.41) is 11.8. The number of hydrogen-bond acceptors (Lipinski definition) is 3. The third-order valence-electron chi connectivity index (χ3n) is 1.94. The van der Waals surface area contributed by atoms with Crippen molar-refractivity contribution in [2.75, 3.05) is 0 Å². The lowest BCUT2D eigenvalue weighted by molar-refractivity contribution is 0.151. The number of hydrogen-bond donors (Lipinski definition) is 1. The molecule has 4 heteroatoms. The summed E-state index contributed by atoms with van der Waals surface area (Å²) in [4.78, 5) is 1.13. The van der Waals surface area contributed by atoms with Crippen molar-refractivity contribution in [3.63, 3.8) is 0 Å². The second-order valence-corrected chi connectivity index (χ2v) is 4.78. The average molecular weight is 273 g/mol.